The fourth-order valence-electron chi connectivity index (χ4n) is 3.01. The second-order valence-electron chi connectivity index (χ2n) is 4.50. The molecule has 0 amide bonds. The van der Waals surface area contributed by atoms with Crippen LogP contribution in [0.15, 0.2) is 0 Å². The van der Waals surface area contributed by atoms with Gasteiger partial charge in [-0.15, -0.1) is 0 Å². The van der Waals surface area contributed by atoms with Crippen LogP contribution in [-0.2, 0) is 4.74 Å². The molecule has 76 valence electrons. The van der Waals surface area contributed by atoms with Gasteiger partial charge >= 0.3 is 0 Å². The van der Waals surface area contributed by atoms with E-state index in [1.807, 2.05) is 7.11 Å². The second kappa shape index (κ2) is 4.43. The zero-order chi connectivity index (χ0) is 9.10. The van der Waals surface area contributed by atoms with E-state index in [2.05, 4.69) is 5.32 Å². The van der Waals surface area contributed by atoms with E-state index >= 15 is 0 Å². The molecule has 2 atom stereocenters. The van der Waals surface area contributed by atoms with Crippen LogP contribution in [0.25, 0.3) is 0 Å². The molecule has 2 fully saturated rings. The number of ether oxygens (including phenoxy) is 1. The molecule has 0 aromatic rings. The highest BCUT2D eigenvalue weighted by atomic mass is 16.5. The Balaban J connectivity index is 1.90. The first kappa shape index (κ1) is 9.47. The Bertz CT molecular complexity index is 132. The predicted molar refractivity (Wildman–Crippen MR) is 53.7 cm³/mol. The summed E-state index contributed by atoms with van der Waals surface area (Å²) in [5, 5.41) is 3.43. The van der Waals surface area contributed by atoms with E-state index in [0.29, 0.717) is 6.10 Å². The Morgan fingerprint density at radius 3 is 2.46 bits per heavy atom. The second-order valence-corrected chi connectivity index (χ2v) is 4.50. The summed E-state index contributed by atoms with van der Waals surface area (Å²) in [5.41, 5.74) is 0. The van der Waals surface area contributed by atoms with Crippen molar-refractivity contribution in [3.8, 4) is 0 Å². The Labute approximate surface area is 81.0 Å². The maximum Gasteiger partial charge on any atom is 0.0640 e. The minimum absolute atomic E-state index is 0.539. The summed E-state index contributed by atoms with van der Waals surface area (Å²) in [6.07, 6.45) is 7.49. The summed E-state index contributed by atoms with van der Waals surface area (Å²) in [6, 6.07) is 0. The maximum atomic E-state index is 5.68. The molecule has 1 aliphatic carbocycles. The van der Waals surface area contributed by atoms with Crippen molar-refractivity contribution in [2.24, 2.45) is 11.8 Å². The van der Waals surface area contributed by atoms with Crippen LogP contribution in [-0.4, -0.2) is 26.3 Å². The molecular formula is C11H21NO. The fourth-order valence-corrected chi connectivity index (χ4v) is 3.01. The lowest BCUT2D eigenvalue weighted by molar-refractivity contribution is 0.0140. The zero-order valence-corrected chi connectivity index (χ0v) is 8.59. The highest BCUT2D eigenvalue weighted by molar-refractivity contribution is 4.85. The first-order chi connectivity index (χ1) is 6.42. The lowest BCUT2D eigenvalue weighted by Crippen LogP contribution is -2.31. The van der Waals surface area contributed by atoms with Crippen LogP contribution in [0, 0.1) is 11.8 Å². The molecule has 0 radical (unpaired) electrons. The van der Waals surface area contributed by atoms with Gasteiger partial charge in [0, 0.05) is 13.7 Å². The highest BCUT2D eigenvalue weighted by Gasteiger charge is 2.32. The summed E-state index contributed by atoms with van der Waals surface area (Å²) in [7, 11) is 1.89. The SMILES string of the molecule is COC(C1CCCC1)C1CCNC1. The van der Waals surface area contributed by atoms with Gasteiger partial charge in [0.15, 0.2) is 0 Å². The van der Waals surface area contributed by atoms with Gasteiger partial charge in [-0.1, -0.05) is 12.8 Å². The van der Waals surface area contributed by atoms with Crippen molar-refractivity contribution in [1.29, 1.82) is 0 Å². The van der Waals surface area contributed by atoms with E-state index in [0.717, 1.165) is 11.8 Å². The van der Waals surface area contributed by atoms with Gasteiger partial charge in [0.05, 0.1) is 6.10 Å². The lowest BCUT2D eigenvalue weighted by atomic mass is 9.89. The molecule has 1 aliphatic heterocycles. The first-order valence-electron chi connectivity index (χ1n) is 5.65. The smallest absolute Gasteiger partial charge is 0.0640 e. The Kier molecular flexibility index (Phi) is 3.23. The van der Waals surface area contributed by atoms with Gasteiger partial charge in [0.1, 0.15) is 0 Å². The average molecular weight is 183 g/mol. The number of hydrogen-bond donors (Lipinski definition) is 1. The van der Waals surface area contributed by atoms with Crippen LogP contribution in [0.3, 0.4) is 0 Å². The molecule has 2 unspecified atom stereocenters. The van der Waals surface area contributed by atoms with Crippen molar-refractivity contribution in [3.63, 3.8) is 0 Å². The van der Waals surface area contributed by atoms with Gasteiger partial charge in [-0.3, -0.25) is 0 Å². The van der Waals surface area contributed by atoms with Gasteiger partial charge in [-0.25, -0.2) is 0 Å². The van der Waals surface area contributed by atoms with Gasteiger partial charge in [0.25, 0.3) is 0 Å². The molecule has 1 heterocycles. The van der Waals surface area contributed by atoms with Crippen molar-refractivity contribution in [3.05, 3.63) is 0 Å². The molecule has 2 nitrogen and oxygen atoms in total. The van der Waals surface area contributed by atoms with E-state index in [9.17, 15) is 0 Å². The third-order valence-electron chi connectivity index (χ3n) is 3.70. The summed E-state index contributed by atoms with van der Waals surface area (Å²) in [6.45, 7) is 2.37. The van der Waals surface area contributed by atoms with Crippen molar-refractivity contribution in [2.45, 2.75) is 38.2 Å². The minimum Gasteiger partial charge on any atom is -0.381 e. The Morgan fingerprint density at radius 1 is 1.15 bits per heavy atom. The molecule has 1 saturated carbocycles. The Hall–Kier alpha value is -0.0800. The van der Waals surface area contributed by atoms with Crippen LogP contribution in [0.2, 0.25) is 0 Å². The van der Waals surface area contributed by atoms with E-state index in [-0.39, 0.29) is 0 Å². The van der Waals surface area contributed by atoms with Crippen molar-refractivity contribution >= 4 is 0 Å². The number of methoxy groups -OCH3 is 1. The molecule has 0 spiro atoms. The van der Waals surface area contributed by atoms with Crippen molar-refractivity contribution in [2.75, 3.05) is 20.2 Å². The van der Waals surface area contributed by atoms with Gasteiger partial charge in [0.2, 0.25) is 0 Å². The van der Waals surface area contributed by atoms with Crippen LogP contribution in [0.5, 0.6) is 0 Å². The van der Waals surface area contributed by atoms with Crippen molar-refractivity contribution < 1.29 is 4.74 Å². The predicted octanol–water partition coefficient (Wildman–Crippen LogP) is 1.80. The van der Waals surface area contributed by atoms with E-state index in [4.69, 9.17) is 4.74 Å². The summed E-state index contributed by atoms with van der Waals surface area (Å²) in [4.78, 5) is 0. The molecule has 0 aromatic carbocycles. The highest BCUT2D eigenvalue weighted by Crippen LogP contribution is 2.34. The third-order valence-corrected chi connectivity index (χ3v) is 3.70. The first-order valence-corrected chi connectivity index (χ1v) is 5.65. The molecule has 2 aliphatic rings. The largest absolute Gasteiger partial charge is 0.381 e. The van der Waals surface area contributed by atoms with Gasteiger partial charge in [-0.2, -0.15) is 0 Å². The topological polar surface area (TPSA) is 21.3 Å². The molecule has 0 bridgehead atoms. The van der Waals surface area contributed by atoms with Gasteiger partial charge in [-0.05, 0) is 37.6 Å². The summed E-state index contributed by atoms with van der Waals surface area (Å²) < 4.78 is 5.68. The molecule has 1 N–H and O–H groups in total. The zero-order valence-electron chi connectivity index (χ0n) is 8.59. The van der Waals surface area contributed by atoms with Crippen molar-refractivity contribution in [1.82, 2.24) is 5.32 Å². The normalized spacial score (nSPS) is 32.5. The number of rotatable bonds is 3. The third kappa shape index (κ3) is 2.05. The van der Waals surface area contributed by atoms with E-state index in [1.165, 1.54) is 45.2 Å². The number of hydrogen-bond acceptors (Lipinski definition) is 2. The van der Waals surface area contributed by atoms with E-state index < -0.39 is 0 Å². The van der Waals surface area contributed by atoms with Crippen LogP contribution < -0.4 is 5.32 Å². The maximum absolute atomic E-state index is 5.68. The van der Waals surface area contributed by atoms with Crippen LogP contribution in [0.4, 0.5) is 0 Å². The molecule has 13 heavy (non-hydrogen) atoms. The standard InChI is InChI=1S/C11H21NO/c1-13-11(9-4-2-3-5-9)10-6-7-12-8-10/h9-12H,2-8H2,1H3. The monoisotopic (exact) mass is 183 g/mol. The number of nitrogens with one attached hydrogen (secondary N) is 1. The fraction of sp³-hybridized carbons (Fsp3) is 1.00. The molecule has 1 saturated heterocycles. The molecule has 0 aromatic heterocycles. The molecular weight excluding hydrogens is 162 g/mol. The summed E-state index contributed by atoms with van der Waals surface area (Å²) >= 11 is 0. The Morgan fingerprint density at radius 2 is 1.92 bits per heavy atom. The average Bonchev–Trinajstić information content (AvgIpc) is 2.76. The molecule has 2 rings (SSSR count). The van der Waals surface area contributed by atoms with Crippen LogP contribution in [0.1, 0.15) is 32.1 Å². The van der Waals surface area contributed by atoms with Crippen LogP contribution >= 0.6 is 0 Å². The van der Waals surface area contributed by atoms with E-state index in [1.54, 1.807) is 0 Å². The van der Waals surface area contributed by atoms with Gasteiger partial charge < -0.3 is 10.1 Å². The summed E-state index contributed by atoms with van der Waals surface area (Å²) in [5.74, 6) is 1.64. The lowest BCUT2D eigenvalue weighted by Gasteiger charge is -2.27. The quantitative estimate of drug-likeness (QED) is 0.720. The molecule has 2 heteroatoms. The minimum atomic E-state index is 0.539.